The summed E-state index contributed by atoms with van der Waals surface area (Å²) in [6, 6.07) is 19.6. The highest BCUT2D eigenvalue weighted by Crippen LogP contribution is 2.26. The molecule has 33 heavy (non-hydrogen) atoms. The fourth-order valence-corrected chi connectivity index (χ4v) is 4.02. The smallest absolute Gasteiger partial charge is 0.335 e. The molecule has 0 saturated carbocycles. The van der Waals surface area contributed by atoms with Crippen molar-refractivity contribution < 1.29 is 19.1 Å². The van der Waals surface area contributed by atoms with Crippen LogP contribution in [0.15, 0.2) is 72.3 Å². The summed E-state index contributed by atoms with van der Waals surface area (Å²) >= 11 is 0. The van der Waals surface area contributed by atoms with E-state index < -0.39 is 17.8 Å². The molecule has 0 aliphatic carbocycles. The number of rotatable bonds is 5. The number of barbiturate groups is 1. The van der Waals surface area contributed by atoms with Gasteiger partial charge in [0.2, 0.25) is 0 Å². The average Bonchev–Trinajstić information content (AvgIpc) is 2.77. The van der Waals surface area contributed by atoms with Gasteiger partial charge < -0.3 is 4.74 Å². The highest BCUT2D eigenvalue weighted by Gasteiger charge is 2.36. The average molecular weight is 440 g/mol. The summed E-state index contributed by atoms with van der Waals surface area (Å²) < 4.78 is 5.40. The molecule has 0 spiro atoms. The lowest BCUT2D eigenvalue weighted by Gasteiger charge is -2.26. The van der Waals surface area contributed by atoms with Crippen LogP contribution >= 0.6 is 0 Å². The van der Waals surface area contributed by atoms with Crippen LogP contribution in [-0.4, -0.2) is 25.0 Å². The number of urea groups is 1. The summed E-state index contributed by atoms with van der Waals surface area (Å²) in [5.41, 5.74) is 5.32. The Labute approximate surface area is 192 Å². The van der Waals surface area contributed by atoms with Gasteiger partial charge in [-0.25, -0.2) is 9.69 Å². The molecule has 166 valence electrons. The second kappa shape index (κ2) is 9.12. The van der Waals surface area contributed by atoms with Crippen LogP contribution in [0.25, 0.3) is 6.08 Å². The fraction of sp³-hybridized carbons (Fsp3) is 0.148. The molecule has 4 amide bonds. The van der Waals surface area contributed by atoms with Gasteiger partial charge in [0.15, 0.2) is 0 Å². The molecule has 0 bridgehead atoms. The highest BCUT2D eigenvalue weighted by molar-refractivity contribution is 6.39. The van der Waals surface area contributed by atoms with E-state index >= 15 is 0 Å². The number of nitrogens with one attached hydrogen (secondary N) is 1. The number of methoxy groups -OCH3 is 1. The minimum absolute atomic E-state index is 0.106. The molecule has 4 rings (SSSR count). The first-order valence-corrected chi connectivity index (χ1v) is 10.6. The molecule has 3 aromatic rings. The number of ether oxygens (including phenoxy) is 1. The van der Waals surface area contributed by atoms with Crippen molar-refractivity contribution in [2.24, 2.45) is 0 Å². The molecule has 1 aliphatic heterocycles. The maximum absolute atomic E-state index is 13.2. The number of anilines is 1. The van der Waals surface area contributed by atoms with Crippen LogP contribution in [0.1, 0.15) is 27.8 Å². The van der Waals surface area contributed by atoms with Crippen molar-refractivity contribution in [1.82, 2.24) is 5.32 Å². The number of carbonyl (C=O) groups excluding carboxylic acids is 3. The van der Waals surface area contributed by atoms with Crippen molar-refractivity contribution in [3.05, 3.63) is 100 Å². The first kappa shape index (κ1) is 22.0. The maximum Gasteiger partial charge on any atom is 0.335 e. The number of hydrogen-bond donors (Lipinski definition) is 1. The predicted molar refractivity (Wildman–Crippen MR) is 127 cm³/mol. The van der Waals surface area contributed by atoms with Gasteiger partial charge in [0, 0.05) is 0 Å². The van der Waals surface area contributed by atoms with Crippen molar-refractivity contribution in [3.8, 4) is 5.75 Å². The van der Waals surface area contributed by atoms with E-state index in [1.807, 2.05) is 26.0 Å². The molecular weight excluding hydrogens is 416 g/mol. The number of aryl methyl sites for hydroxylation is 2. The first-order chi connectivity index (χ1) is 15.9. The van der Waals surface area contributed by atoms with Crippen LogP contribution in [0, 0.1) is 13.8 Å². The molecule has 0 aromatic heterocycles. The SMILES string of the molecule is COc1ccc(/C=C2\C(=O)NC(=O)N(c3ccccc3)C2=O)c(Cc2cc(C)cc(C)c2)c1. The third kappa shape index (κ3) is 4.70. The molecular formula is C27H24N2O4. The zero-order valence-corrected chi connectivity index (χ0v) is 18.7. The quantitative estimate of drug-likeness (QED) is 0.466. The Morgan fingerprint density at radius 3 is 2.27 bits per heavy atom. The summed E-state index contributed by atoms with van der Waals surface area (Å²) in [5, 5.41) is 2.27. The Morgan fingerprint density at radius 2 is 1.61 bits per heavy atom. The molecule has 1 saturated heterocycles. The standard InChI is InChI=1S/C27H24N2O4/c1-17-11-18(2)13-19(12-17)14-21-15-23(33-3)10-9-20(21)16-24-25(30)28-27(32)29(26(24)31)22-7-5-4-6-8-22/h4-13,15-16H,14H2,1-3H3,(H,28,30,32)/b24-16+. The number of para-hydroxylation sites is 1. The van der Waals surface area contributed by atoms with Crippen molar-refractivity contribution in [2.75, 3.05) is 12.0 Å². The summed E-state index contributed by atoms with van der Waals surface area (Å²) in [6.07, 6.45) is 2.13. The number of carbonyl (C=O) groups is 3. The third-order valence-electron chi connectivity index (χ3n) is 5.44. The van der Waals surface area contributed by atoms with E-state index in [-0.39, 0.29) is 5.57 Å². The van der Waals surface area contributed by atoms with Crippen LogP contribution in [0.5, 0.6) is 5.75 Å². The van der Waals surface area contributed by atoms with E-state index in [0.29, 0.717) is 23.4 Å². The molecule has 1 N–H and O–H groups in total. The molecule has 1 fully saturated rings. The van der Waals surface area contributed by atoms with Crippen molar-refractivity contribution in [3.63, 3.8) is 0 Å². The van der Waals surface area contributed by atoms with E-state index in [1.165, 1.54) is 6.08 Å². The van der Waals surface area contributed by atoms with Gasteiger partial charge in [-0.2, -0.15) is 0 Å². The number of hydrogen-bond acceptors (Lipinski definition) is 4. The van der Waals surface area contributed by atoms with Gasteiger partial charge >= 0.3 is 6.03 Å². The largest absolute Gasteiger partial charge is 0.497 e. The summed E-state index contributed by atoms with van der Waals surface area (Å²) in [7, 11) is 1.59. The minimum atomic E-state index is -0.765. The van der Waals surface area contributed by atoms with E-state index in [2.05, 4.69) is 23.5 Å². The van der Waals surface area contributed by atoms with Crippen LogP contribution in [0.3, 0.4) is 0 Å². The summed E-state index contributed by atoms with van der Waals surface area (Å²) in [6.45, 7) is 4.09. The molecule has 6 heteroatoms. The number of benzene rings is 3. The maximum atomic E-state index is 13.2. The second-order valence-corrected chi connectivity index (χ2v) is 8.03. The van der Waals surface area contributed by atoms with E-state index in [4.69, 9.17) is 4.74 Å². The monoisotopic (exact) mass is 440 g/mol. The molecule has 0 radical (unpaired) electrons. The van der Waals surface area contributed by atoms with Gasteiger partial charge in [0.1, 0.15) is 11.3 Å². The first-order valence-electron chi connectivity index (χ1n) is 10.6. The lowest BCUT2D eigenvalue weighted by atomic mass is 9.95. The highest BCUT2D eigenvalue weighted by atomic mass is 16.5. The number of nitrogens with zero attached hydrogens (tertiary/aromatic N) is 1. The van der Waals surface area contributed by atoms with Crippen molar-refractivity contribution >= 4 is 29.6 Å². The Bertz CT molecular complexity index is 1260. The molecule has 6 nitrogen and oxygen atoms in total. The van der Waals surface area contributed by atoms with Gasteiger partial charge in [-0.15, -0.1) is 0 Å². The van der Waals surface area contributed by atoms with Gasteiger partial charge in [0.05, 0.1) is 12.8 Å². The Hall–Kier alpha value is -4.19. The lowest BCUT2D eigenvalue weighted by molar-refractivity contribution is -0.122. The zero-order chi connectivity index (χ0) is 23.5. The van der Waals surface area contributed by atoms with Crippen molar-refractivity contribution in [2.45, 2.75) is 20.3 Å². The third-order valence-corrected chi connectivity index (χ3v) is 5.44. The minimum Gasteiger partial charge on any atom is -0.497 e. The van der Waals surface area contributed by atoms with Gasteiger partial charge in [-0.05, 0) is 67.3 Å². The van der Waals surface area contributed by atoms with Gasteiger partial charge in [-0.3, -0.25) is 14.9 Å². The summed E-state index contributed by atoms with van der Waals surface area (Å²) in [5.74, 6) is -0.703. The summed E-state index contributed by atoms with van der Waals surface area (Å²) in [4.78, 5) is 39.2. The van der Waals surface area contributed by atoms with Crippen molar-refractivity contribution in [1.29, 1.82) is 0 Å². The molecule has 1 aliphatic rings. The number of imide groups is 2. The normalized spacial score (nSPS) is 15.1. The van der Waals surface area contributed by atoms with E-state index in [1.54, 1.807) is 43.5 Å². The van der Waals surface area contributed by atoms with Crippen LogP contribution in [-0.2, 0) is 16.0 Å². The van der Waals surface area contributed by atoms with Crippen LogP contribution in [0.2, 0.25) is 0 Å². The fourth-order valence-electron chi connectivity index (χ4n) is 4.02. The molecule has 1 heterocycles. The Kier molecular flexibility index (Phi) is 6.09. The predicted octanol–water partition coefficient (Wildman–Crippen LogP) is 4.57. The van der Waals surface area contributed by atoms with Crippen LogP contribution in [0.4, 0.5) is 10.5 Å². The van der Waals surface area contributed by atoms with E-state index in [9.17, 15) is 14.4 Å². The molecule has 3 aromatic carbocycles. The zero-order valence-electron chi connectivity index (χ0n) is 18.7. The lowest BCUT2D eigenvalue weighted by Crippen LogP contribution is -2.54. The van der Waals surface area contributed by atoms with Crippen LogP contribution < -0.4 is 15.0 Å². The number of amides is 4. The van der Waals surface area contributed by atoms with Gasteiger partial charge in [-0.1, -0.05) is 53.6 Å². The van der Waals surface area contributed by atoms with Gasteiger partial charge in [0.25, 0.3) is 11.8 Å². The molecule has 0 atom stereocenters. The topological polar surface area (TPSA) is 75.7 Å². The second-order valence-electron chi connectivity index (χ2n) is 8.03. The molecule has 0 unspecified atom stereocenters. The van der Waals surface area contributed by atoms with E-state index in [0.717, 1.165) is 27.2 Å². The Morgan fingerprint density at radius 1 is 0.909 bits per heavy atom. The Balaban J connectivity index is 1.76.